The van der Waals surface area contributed by atoms with Gasteiger partial charge in [-0.25, -0.2) is 4.98 Å². The molecular weight excluding hydrogens is 455 g/mol. The van der Waals surface area contributed by atoms with Gasteiger partial charge in [0.1, 0.15) is 0 Å². The average Bonchev–Trinajstić information content (AvgIpc) is 3.01. The summed E-state index contributed by atoms with van der Waals surface area (Å²) in [5.41, 5.74) is 2.19. The van der Waals surface area contributed by atoms with Crippen molar-refractivity contribution >= 4 is 52.9 Å². The lowest BCUT2D eigenvalue weighted by Gasteiger charge is -2.12. The van der Waals surface area contributed by atoms with E-state index in [4.69, 9.17) is 11.6 Å². The fourth-order valence-electron chi connectivity index (χ4n) is 2.05. The van der Waals surface area contributed by atoms with Crippen molar-refractivity contribution in [2.24, 2.45) is 4.99 Å². The van der Waals surface area contributed by atoms with Crippen molar-refractivity contribution in [3.05, 3.63) is 50.9 Å². The Morgan fingerprint density at radius 3 is 2.67 bits per heavy atom. The number of aromatic nitrogens is 1. The van der Waals surface area contributed by atoms with Gasteiger partial charge in [0, 0.05) is 42.9 Å². The summed E-state index contributed by atoms with van der Waals surface area (Å²) in [6.45, 7) is 5.78. The normalized spacial score (nSPS) is 11.3. The third-order valence-electron chi connectivity index (χ3n) is 3.36. The molecule has 0 aliphatic carbocycles. The van der Waals surface area contributed by atoms with Crippen LogP contribution in [0.4, 0.5) is 0 Å². The van der Waals surface area contributed by atoms with Crippen LogP contribution in [0.3, 0.4) is 0 Å². The lowest BCUT2D eigenvalue weighted by molar-refractivity contribution is 0.777. The van der Waals surface area contributed by atoms with Crippen LogP contribution in [0.15, 0.2) is 34.6 Å². The number of benzene rings is 1. The van der Waals surface area contributed by atoms with Crippen LogP contribution in [-0.4, -0.2) is 24.5 Å². The number of guanidine groups is 1. The second-order valence-corrected chi connectivity index (χ2v) is 6.82. The maximum Gasteiger partial charge on any atom is 0.191 e. The minimum atomic E-state index is 0. The lowest BCUT2D eigenvalue weighted by Crippen LogP contribution is -2.37. The van der Waals surface area contributed by atoms with E-state index >= 15 is 0 Å². The molecule has 0 aliphatic heterocycles. The molecule has 24 heavy (non-hydrogen) atoms. The topological polar surface area (TPSA) is 49.3 Å². The Morgan fingerprint density at radius 2 is 2.04 bits per heavy atom. The summed E-state index contributed by atoms with van der Waals surface area (Å²) in [5, 5.41) is 10.7. The van der Waals surface area contributed by atoms with E-state index in [0.29, 0.717) is 12.5 Å². The maximum atomic E-state index is 6.16. The van der Waals surface area contributed by atoms with Crippen molar-refractivity contribution in [2.45, 2.75) is 32.7 Å². The van der Waals surface area contributed by atoms with Crippen molar-refractivity contribution in [1.82, 2.24) is 15.6 Å². The van der Waals surface area contributed by atoms with E-state index in [0.717, 1.165) is 35.2 Å². The maximum absolute atomic E-state index is 6.16. The molecule has 0 saturated carbocycles. The largest absolute Gasteiger partial charge is 0.356 e. The molecule has 0 amide bonds. The first-order valence-electron chi connectivity index (χ1n) is 7.72. The van der Waals surface area contributed by atoms with Gasteiger partial charge in [-0.3, -0.25) is 4.99 Å². The van der Waals surface area contributed by atoms with E-state index < -0.39 is 0 Å². The van der Waals surface area contributed by atoms with Gasteiger partial charge in [-0.05, 0) is 11.6 Å². The van der Waals surface area contributed by atoms with Crippen molar-refractivity contribution in [3.8, 4) is 0 Å². The quantitative estimate of drug-likeness (QED) is 0.366. The number of nitrogens with one attached hydrogen (secondary N) is 2. The molecule has 2 aromatic rings. The third kappa shape index (κ3) is 6.57. The summed E-state index contributed by atoms with van der Waals surface area (Å²) >= 11 is 7.89. The highest BCUT2D eigenvalue weighted by atomic mass is 127. The number of rotatable bonds is 6. The Balaban J connectivity index is 0.00000288. The van der Waals surface area contributed by atoms with Crippen LogP contribution in [0.25, 0.3) is 0 Å². The van der Waals surface area contributed by atoms with Gasteiger partial charge in [-0.2, -0.15) is 0 Å². The van der Waals surface area contributed by atoms with Crippen molar-refractivity contribution in [2.75, 3.05) is 13.6 Å². The Hall–Kier alpha value is -0.860. The second kappa shape index (κ2) is 10.9. The van der Waals surface area contributed by atoms with Gasteiger partial charge in [0.15, 0.2) is 5.96 Å². The zero-order chi connectivity index (χ0) is 16.7. The number of aliphatic imine (C=N–C) groups is 1. The average molecular weight is 479 g/mol. The minimum absolute atomic E-state index is 0. The van der Waals surface area contributed by atoms with Gasteiger partial charge in [0.2, 0.25) is 0 Å². The Kier molecular flexibility index (Phi) is 9.61. The van der Waals surface area contributed by atoms with Crippen molar-refractivity contribution in [1.29, 1.82) is 0 Å². The van der Waals surface area contributed by atoms with Gasteiger partial charge in [-0.1, -0.05) is 43.6 Å². The molecule has 0 unspecified atom stereocenters. The van der Waals surface area contributed by atoms with E-state index in [2.05, 4.69) is 39.8 Å². The van der Waals surface area contributed by atoms with Gasteiger partial charge >= 0.3 is 0 Å². The van der Waals surface area contributed by atoms with Gasteiger partial charge in [0.25, 0.3) is 0 Å². The zero-order valence-electron chi connectivity index (χ0n) is 14.2. The van der Waals surface area contributed by atoms with E-state index in [1.165, 1.54) is 5.01 Å². The third-order valence-corrected chi connectivity index (χ3v) is 4.93. The molecular formula is C17H24ClIN4S. The predicted molar refractivity (Wildman–Crippen MR) is 115 cm³/mol. The molecule has 0 radical (unpaired) electrons. The summed E-state index contributed by atoms with van der Waals surface area (Å²) in [6.07, 6.45) is 0.885. The fourth-order valence-corrected chi connectivity index (χ4v) is 3.12. The highest BCUT2D eigenvalue weighted by molar-refractivity contribution is 14.0. The van der Waals surface area contributed by atoms with Crippen molar-refractivity contribution < 1.29 is 0 Å². The molecule has 132 valence electrons. The molecule has 0 bridgehead atoms. The monoisotopic (exact) mass is 478 g/mol. The molecule has 0 aliphatic rings. The molecule has 7 heteroatoms. The first-order chi connectivity index (χ1) is 11.1. The second-order valence-electron chi connectivity index (χ2n) is 5.53. The molecule has 0 spiro atoms. The Bertz CT molecular complexity index is 658. The molecule has 2 rings (SSSR count). The van der Waals surface area contributed by atoms with Crippen molar-refractivity contribution in [3.63, 3.8) is 0 Å². The molecule has 0 saturated heterocycles. The summed E-state index contributed by atoms with van der Waals surface area (Å²) in [6, 6.07) is 7.81. The Labute approximate surface area is 170 Å². The lowest BCUT2D eigenvalue weighted by atomic mass is 10.2. The molecule has 2 N–H and O–H groups in total. The van der Waals surface area contributed by atoms with E-state index in [1.54, 1.807) is 18.4 Å². The summed E-state index contributed by atoms with van der Waals surface area (Å²) in [5.74, 6) is 1.26. The van der Waals surface area contributed by atoms with Crippen LogP contribution in [0.2, 0.25) is 5.02 Å². The number of nitrogens with zero attached hydrogens (tertiary/aromatic N) is 2. The Morgan fingerprint density at radius 1 is 1.29 bits per heavy atom. The first kappa shape index (κ1) is 21.2. The van der Waals surface area contributed by atoms with Crippen LogP contribution >= 0.6 is 46.9 Å². The standard InChI is InChI=1S/C17H23ClN4S.HI/c1-12(2)16-22-14(11-23-16)8-9-20-17(19-3)21-10-13-6-4-5-7-15(13)18;/h4-7,11-12H,8-10H2,1-3H3,(H2,19,20,21);1H. The number of thiazole rings is 1. The zero-order valence-corrected chi connectivity index (χ0v) is 18.1. The smallest absolute Gasteiger partial charge is 0.191 e. The predicted octanol–water partition coefficient (Wildman–Crippen LogP) is 4.45. The fraction of sp³-hybridized carbons (Fsp3) is 0.412. The number of hydrogen-bond acceptors (Lipinski definition) is 3. The van der Waals surface area contributed by atoms with Crippen LogP contribution in [0.1, 0.15) is 36.0 Å². The molecule has 1 aromatic carbocycles. The minimum Gasteiger partial charge on any atom is -0.356 e. The molecule has 1 aromatic heterocycles. The van der Waals surface area contributed by atoms with E-state index in [9.17, 15) is 0 Å². The SMILES string of the molecule is CN=C(NCCc1csc(C(C)C)n1)NCc1ccccc1Cl.I. The molecule has 1 heterocycles. The molecule has 0 atom stereocenters. The summed E-state index contributed by atoms with van der Waals surface area (Å²) in [4.78, 5) is 8.87. The first-order valence-corrected chi connectivity index (χ1v) is 8.98. The number of hydrogen-bond donors (Lipinski definition) is 2. The van der Waals surface area contributed by atoms with E-state index in [-0.39, 0.29) is 24.0 Å². The molecule has 0 fully saturated rings. The molecule has 4 nitrogen and oxygen atoms in total. The van der Waals surface area contributed by atoms with E-state index in [1.807, 2.05) is 24.3 Å². The van der Waals surface area contributed by atoms with Gasteiger partial charge in [0.05, 0.1) is 10.7 Å². The van der Waals surface area contributed by atoms with Gasteiger partial charge in [-0.15, -0.1) is 35.3 Å². The summed E-state index contributed by atoms with van der Waals surface area (Å²) in [7, 11) is 1.77. The van der Waals surface area contributed by atoms with Crippen LogP contribution in [0.5, 0.6) is 0 Å². The van der Waals surface area contributed by atoms with Gasteiger partial charge < -0.3 is 10.6 Å². The summed E-state index contributed by atoms with van der Waals surface area (Å²) < 4.78 is 0. The van der Waals surface area contributed by atoms with Crippen LogP contribution in [0, 0.1) is 0 Å². The number of halogens is 2. The highest BCUT2D eigenvalue weighted by Gasteiger charge is 2.06. The highest BCUT2D eigenvalue weighted by Crippen LogP contribution is 2.19. The van der Waals surface area contributed by atoms with Crippen LogP contribution in [-0.2, 0) is 13.0 Å². The van der Waals surface area contributed by atoms with Crippen LogP contribution < -0.4 is 10.6 Å².